The third-order valence-electron chi connectivity index (χ3n) is 7.18. The molecule has 9 nitrogen and oxygen atoms in total. The summed E-state index contributed by atoms with van der Waals surface area (Å²) >= 11 is 17.1. The Balaban J connectivity index is 1.59. The van der Waals surface area contributed by atoms with Crippen LogP contribution < -0.4 is 33.8 Å². The molecule has 4 aromatic rings. The van der Waals surface area contributed by atoms with Crippen LogP contribution in [0, 0.1) is 0 Å². The number of fused-ring (bicyclic) bond motifs is 1. The van der Waals surface area contributed by atoms with Crippen molar-refractivity contribution in [3.63, 3.8) is 0 Å². The number of allylic oxidation sites excluding steroid dienone is 1. The van der Waals surface area contributed by atoms with E-state index in [2.05, 4.69) is 20.9 Å². The third kappa shape index (κ3) is 6.69. The minimum absolute atomic E-state index is 0.168. The Morgan fingerprint density at radius 1 is 1.02 bits per heavy atom. The van der Waals surface area contributed by atoms with Crippen molar-refractivity contribution in [2.24, 2.45) is 4.99 Å². The molecule has 0 amide bonds. The molecular weight excluding hydrogens is 719 g/mol. The van der Waals surface area contributed by atoms with E-state index in [1.54, 1.807) is 62.4 Å². The number of nitrogens with zero attached hydrogens (tertiary/aromatic N) is 2. The van der Waals surface area contributed by atoms with Crippen molar-refractivity contribution in [2.45, 2.75) is 26.5 Å². The summed E-state index contributed by atoms with van der Waals surface area (Å²) in [5.74, 6) is 1.33. The minimum atomic E-state index is -0.811. The van der Waals surface area contributed by atoms with Crippen LogP contribution in [-0.4, -0.2) is 38.5 Å². The summed E-state index contributed by atoms with van der Waals surface area (Å²) in [5, 5.41) is 1.02. The van der Waals surface area contributed by atoms with Gasteiger partial charge in [-0.1, -0.05) is 46.7 Å². The van der Waals surface area contributed by atoms with Gasteiger partial charge in [0.1, 0.15) is 6.61 Å². The molecule has 5 rings (SSSR count). The van der Waals surface area contributed by atoms with Gasteiger partial charge in [0, 0.05) is 15.6 Å². The zero-order valence-electron chi connectivity index (χ0n) is 25.5. The Bertz CT molecular complexity index is 2040. The predicted molar refractivity (Wildman–Crippen MR) is 181 cm³/mol. The zero-order valence-corrected chi connectivity index (χ0v) is 29.4. The van der Waals surface area contributed by atoms with Crippen molar-refractivity contribution in [1.29, 1.82) is 0 Å². The second-order valence-electron chi connectivity index (χ2n) is 9.98. The maximum Gasteiger partial charge on any atom is 0.338 e. The number of ether oxygens (including phenoxy) is 5. The van der Waals surface area contributed by atoms with Gasteiger partial charge >= 0.3 is 5.97 Å². The Morgan fingerprint density at radius 3 is 2.43 bits per heavy atom. The largest absolute Gasteiger partial charge is 0.493 e. The molecule has 3 aromatic carbocycles. The second kappa shape index (κ2) is 14.3. The van der Waals surface area contributed by atoms with E-state index >= 15 is 0 Å². The molecule has 13 heteroatoms. The van der Waals surface area contributed by atoms with Gasteiger partial charge in [-0.25, -0.2) is 9.79 Å². The molecule has 0 fully saturated rings. The number of esters is 1. The molecule has 0 saturated heterocycles. The van der Waals surface area contributed by atoms with E-state index in [9.17, 15) is 9.59 Å². The molecule has 0 spiro atoms. The first kappa shape index (κ1) is 33.6. The molecule has 240 valence electrons. The number of halogens is 3. The number of thiazole rings is 1. The van der Waals surface area contributed by atoms with Crippen LogP contribution in [0.4, 0.5) is 0 Å². The third-order valence-corrected chi connectivity index (χ3v) is 9.34. The Labute approximate surface area is 287 Å². The molecule has 0 saturated carbocycles. The molecule has 0 aliphatic carbocycles. The normalized spacial score (nSPS) is 14.4. The predicted octanol–water partition coefficient (Wildman–Crippen LogP) is 6.47. The van der Waals surface area contributed by atoms with Gasteiger partial charge in [0.2, 0.25) is 0 Å². The molecule has 1 aliphatic heterocycles. The van der Waals surface area contributed by atoms with Crippen LogP contribution in [0.5, 0.6) is 23.0 Å². The van der Waals surface area contributed by atoms with E-state index in [0.29, 0.717) is 63.7 Å². The molecule has 46 heavy (non-hydrogen) atoms. The lowest BCUT2D eigenvalue weighted by molar-refractivity contribution is -0.139. The molecule has 1 aromatic heterocycles. The van der Waals surface area contributed by atoms with Crippen LogP contribution in [-0.2, 0) is 16.1 Å². The number of methoxy groups -OCH3 is 3. The summed E-state index contributed by atoms with van der Waals surface area (Å²) in [4.78, 5) is 32.4. The molecule has 1 aliphatic rings. The van der Waals surface area contributed by atoms with E-state index in [1.165, 1.54) is 37.2 Å². The Morgan fingerprint density at radius 2 is 1.76 bits per heavy atom. The highest BCUT2D eigenvalue weighted by molar-refractivity contribution is 9.10. The highest BCUT2D eigenvalue weighted by atomic mass is 79.9. The van der Waals surface area contributed by atoms with Crippen LogP contribution in [0.1, 0.15) is 36.6 Å². The Hall–Kier alpha value is -3.77. The van der Waals surface area contributed by atoms with Crippen LogP contribution in [0.15, 0.2) is 74.1 Å². The van der Waals surface area contributed by atoms with Crippen molar-refractivity contribution in [1.82, 2.24) is 4.57 Å². The molecule has 0 bridgehead atoms. The Kier molecular flexibility index (Phi) is 10.5. The van der Waals surface area contributed by atoms with Crippen molar-refractivity contribution in [2.75, 3.05) is 27.9 Å². The van der Waals surface area contributed by atoms with Crippen molar-refractivity contribution in [3.8, 4) is 23.0 Å². The van der Waals surface area contributed by atoms with E-state index < -0.39 is 12.0 Å². The van der Waals surface area contributed by atoms with Gasteiger partial charge in [0.25, 0.3) is 5.56 Å². The number of carbonyl (C=O) groups excluding carboxylic acids is 1. The molecule has 1 atom stereocenters. The van der Waals surface area contributed by atoms with Gasteiger partial charge in [0.15, 0.2) is 27.8 Å². The lowest BCUT2D eigenvalue weighted by Gasteiger charge is -2.25. The van der Waals surface area contributed by atoms with Crippen molar-refractivity contribution < 1.29 is 28.5 Å². The number of carbonyl (C=O) groups is 1. The summed E-state index contributed by atoms with van der Waals surface area (Å²) in [6.45, 7) is 3.81. The molecule has 0 N–H and O–H groups in total. The van der Waals surface area contributed by atoms with Gasteiger partial charge in [-0.3, -0.25) is 9.36 Å². The first-order chi connectivity index (χ1) is 22.1. The smallest absolute Gasteiger partial charge is 0.338 e. The lowest BCUT2D eigenvalue weighted by Crippen LogP contribution is -2.40. The van der Waals surface area contributed by atoms with E-state index in [-0.39, 0.29) is 24.3 Å². The number of rotatable bonds is 10. The van der Waals surface area contributed by atoms with E-state index in [0.717, 1.165) is 5.56 Å². The van der Waals surface area contributed by atoms with Gasteiger partial charge in [0.05, 0.1) is 54.3 Å². The maximum atomic E-state index is 14.1. The minimum Gasteiger partial charge on any atom is -0.493 e. The van der Waals surface area contributed by atoms with Gasteiger partial charge in [-0.05, 0) is 83.4 Å². The fourth-order valence-corrected chi connectivity index (χ4v) is 7.12. The zero-order chi connectivity index (χ0) is 33.1. The summed E-state index contributed by atoms with van der Waals surface area (Å²) in [7, 11) is 4.59. The second-order valence-corrected chi connectivity index (χ2v) is 12.7. The van der Waals surface area contributed by atoms with Gasteiger partial charge in [-0.2, -0.15) is 0 Å². The molecule has 1 unspecified atom stereocenters. The SMILES string of the molecule is CCOC(=O)C1=C(C)N=c2s/c(=C\c3cc(Br)c(OCc4ccc(Cl)cc4Cl)c(OC)c3)c(=O)n2C1c1ccc(OC)c(OC)c1. The number of aromatic nitrogens is 1. The van der Waals surface area contributed by atoms with Crippen LogP contribution in [0.3, 0.4) is 0 Å². The van der Waals surface area contributed by atoms with Gasteiger partial charge in [-0.15, -0.1) is 0 Å². The number of hydrogen-bond donors (Lipinski definition) is 0. The molecule has 0 radical (unpaired) electrons. The van der Waals surface area contributed by atoms with Crippen LogP contribution in [0.2, 0.25) is 10.0 Å². The maximum absolute atomic E-state index is 14.1. The highest BCUT2D eigenvalue weighted by Crippen LogP contribution is 2.39. The van der Waals surface area contributed by atoms with Crippen LogP contribution >= 0.6 is 50.5 Å². The first-order valence-corrected chi connectivity index (χ1v) is 16.3. The van der Waals surface area contributed by atoms with Gasteiger partial charge < -0.3 is 23.7 Å². The fraction of sp³-hybridized carbons (Fsp3) is 0.242. The fourth-order valence-electron chi connectivity index (χ4n) is 5.03. The van der Waals surface area contributed by atoms with Crippen molar-refractivity contribution in [3.05, 3.63) is 111 Å². The van der Waals surface area contributed by atoms with E-state index in [4.69, 9.17) is 46.9 Å². The monoisotopic (exact) mass is 746 g/mol. The standard InChI is InChI=1S/C33H29BrCl2N2O7S/c1-6-44-32(40)28-17(2)37-33-38(29(28)19-8-10-24(41-3)25(14-19)42-4)31(39)27(46-33)13-18-11-22(34)30(26(12-18)43-5)45-16-20-7-9-21(35)15-23(20)36/h7-15,29H,6,16H2,1-5H3/b27-13-. The van der Waals surface area contributed by atoms with E-state index in [1.807, 2.05) is 6.07 Å². The highest BCUT2D eigenvalue weighted by Gasteiger charge is 2.34. The average Bonchev–Trinajstić information content (AvgIpc) is 3.33. The summed E-state index contributed by atoms with van der Waals surface area (Å²) in [5.41, 5.74) is 2.46. The molecular formula is C33H29BrCl2N2O7S. The summed E-state index contributed by atoms with van der Waals surface area (Å²) in [6, 6.07) is 13.2. The topological polar surface area (TPSA) is 97.6 Å². The lowest BCUT2D eigenvalue weighted by atomic mass is 9.95. The summed E-state index contributed by atoms with van der Waals surface area (Å²) < 4.78 is 30.6. The number of hydrogen-bond acceptors (Lipinski definition) is 9. The van der Waals surface area contributed by atoms with Crippen molar-refractivity contribution >= 4 is 62.5 Å². The molecule has 2 heterocycles. The number of benzene rings is 3. The summed E-state index contributed by atoms with van der Waals surface area (Å²) in [6.07, 6.45) is 1.74. The first-order valence-electron chi connectivity index (χ1n) is 14.0. The quantitative estimate of drug-likeness (QED) is 0.172. The average molecular weight is 748 g/mol. The van der Waals surface area contributed by atoms with Crippen LogP contribution in [0.25, 0.3) is 6.08 Å².